The molecule has 20 heavy (non-hydrogen) atoms. The van der Waals surface area contributed by atoms with E-state index < -0.39 is 0 Å². The van der Waals surface area contributed by atoms with Crippen molar-refractivity contribution in [2.24, 2.45) is 0 Å². The minimum absolute atomic E-state index is 0.0603. The third-order valence-electron chi connectivity index (χ3n) is 3.14. The number of para-hydroxylation sites is 1. The summed E-state index contributed by atoms with van der Waals surface area (Å²) in [6.45, 7) is 6.76. The monoisotopic (exact) mass is 294 g/mol. The van der Waals surface area contributed by atoms with Crippen LogP contribution >= 0.6 is 11.6 Å². The lowest BCUT2D eigenvalue weighted by Gasteiger charge is -2.18. The van der Waals surface area contributed by atoms with Crippen molar-refractivity contribution in [1.29, 1.82) is 0 Å². The van der Waals surface area contributed by atoms with Gasteiger partial charge in [-0.3, -0.25) is 9.36 Å². The second-order valence-corrected chi connectivity index (χ2v) is 5.44. The highest BCUT2D eigenvalue weighted by Crippen LogP contribution is 2.19. The highest BCUT2D eigenvalue weighted by atomic mass is 35.5. The third-order valence-corrected chi connectivity index (χ3v) is 3.33. The molecule has 0 fully saturated rings. The molecular formula is C15H19ClN2O2. The fourth-order valence-electron chi connectivity index (χ4n) is 2.26. The Morgan fingerprint density at radius 3 is 2.70 bits per heavy atom. The zero-order chi connectivity index (χ0) is 14.7. The molecule has 0 spiro atoms. The van der Waals surface area contributed by atoms with E-state index in [2.05, 4.69) is 4.98 Å². The normalized spacial score (nSPS) is 14.4. The second kappa shape index (κ2) is 6.37. The Kier molecular flexibility index (Phi) is 4.78. The van der Waals surface area contributed by atoms with Crippen molar-refractivity contribution >= 4 is 22.5 Å². The standard InChI is InChI=1S/C15H19ClN2O2/c1-4-20-10(2)9-18-14(11(3)16)17-13-8-6-5-7-12(13)15(18)19/h5-8,10-11H,4,9H2,1-3H3. The number of rotatable bonds is 5. The summed E-state index contributed by atoms with van der Waals surface area (Å²) in [5.74, 6) is 0.585. The summed E-state index contributed by atoms with van der Waals surface area (Å²) >= 11 is 6.18. The van der Waals surface area contributed by atoms with Crippen molar-refractivity contribution in [2.45, 2.75) is 38.8 Å². The minimum Gasteiger partial charge on any atom is -0.377 e. The van der Waals surface area contributed by atoms with Crippen LogP contribution in [0.15, 0.2) is 29.1 Å². The summed E-state index contributed by atoms with van der Waals surface area (Å²) in [4.78, 5) is 17.1. The quantitative estimate of drug-likeness (QED) is 0.796. The largest absolute Gasteiger partial charge is 0.377 e. The Balaban J connectivity index is 2.58. The first-order chi connectivity index (χ1) is 9.54. The molecule has 2 aromatic rings. The molecule has 2 atom stereocenters. The van der Waals surface area contributed by atoms with Crippen LogP contribution in [-0.2, 0) is 11.3 Å². The van der Waals surface area contributed by atoms with Crippen LogP contribution in [0, 0.1) is 0 Å². The van der Waals surface area contributed by atoms with Gasteiger partial charge in [-0.25, -0.2) is 4.98 Å². The fourth-order valence-corrected chi connectivity index (χ4v) is 2.43. The Labute approximate surface area is 123 Å². The molecule has 0 bridgehead atoms. The lowest BCUT2D eigenvalue weighted by atomic mass is 10.2. The summed E-state index contributed by atoms with van der Waals surface area (Å²) in [5, 5.41) is 0.276. The Bertz CT molecular complexity index is 652. The molecule has 1 aromatic carbocycles. The van der Waals surface area contributed by atoms with Crippen molar-refractivity contribution in [2.75, 3.05) is 6.61 Å². The highest BCUT2D eigenvalue weighted by Gasteiger charge is 2.16. The molecule has 0 aliphatic heterocycles. The van der Waals surface area contributed by atoms with Gasteiger partial charge >= 0.3 is 0 Å². The number of aromatic nitrogens is 2. The Hall–Kier alpha value is -1.39. The summed E-state index contributed by atoms with van der Waals surface area (Å²) in [6.07, 6.45) is -0.0603. The molecule has 0 amide bonds. The van der Waals surface area contributed by atoms with E-state index in [-0.39, 0.29) is 17.0 Å². The lowest BCUT2D eigenvalue weighted by Crippen LogP contribution is -2.30. The molecule has 2 rings (SSSR count). The van der Waals surface area contributed by atoms with Crippen LogP contribution < -0.4 is 5.56 Å². The van der Waals surface area contributed by atoms with Gasteiger partial charge in [0.2, 0.25) is 0 Å². The van der Waals surface area contributed by atoms with Gasteiger partial charge in [0.15, 0.2) is 0 Å². The SMILES string of the molecule is CCOC(C)Cn1c(C(C)Cl)nc2ccccc2c1=O. The molecule has 2 unspecified atom stereocenters. The predicted octanol–water partition coefficient (Wildman–Crippen LogP) is 3.12. The number of nitrogens with zero attached hydrogens (tertiary/aromatic N) is 2. The fraction of sp³-hybridized carbons (Fsp3) is 0.467. The van der Waals surface area contributed by atoms with Crippen LogP contribution in [0.1, 0.15) is 32.0 Å². The maximum atomic E-state index is 12.6. The molecule has 1 heterocycles. The van der Waals surface area contributed by atoms with Crippen LogP contribution in [0.3, 0.4) is 0 Å². The van der Waals surface area contributed by atoms with Crippen LogP contribution in [0.2, 0.25) is 0 Å². The summed E-state index contributed by atoms with van der Waals surface area (Å²) in [7, 11) is 0. The molecule has 1 aromatic heterocycles. The average molecular weight is 295 g/mol. The number of benzene rings is 1. The van der Waals surface area contributed by atoms with Crippen molar-refractivity contribution in [3.8, 4) is 0 Å². The van der Waals surface area contributed by atoms with Gasteiger partial charge in [0.1, 0.15) is 5.82 Å². The first-order valence-corrected chi connectivity index (χ1v) is 7.23. The van der Waals surface area contributed by atoms with E-state index in [0.29, 0.717) is 29.9 Å². The van der Waals surface area contributed by atoms with Crippen molar-refractivity contribution < 1.29 is 4.74 Å². The number of ether oxygens (including phenoxy) is 1. The molecule has 0 N–H and O–H groups in total. The van der Waals surface area contributed by atoms with Gasteiger partial charge < -0.3 is 4.74 Å². The van der Waals surface area contributed by atoms with E-state index in [9.17, 15) is 4.79 Å². The number of alkyl halides is 1. The molecule has 108 valence electrons. The van der Waals surface area contributed by atoms with Gasteiger partial charge in [-0.15, -0.1) is 11.6 Å². The first-order valence-electron chi connectivity index (χ1n) is 6.79. The predicted molar refractivity (Wildman–Crippen MR) is 81.4 cm³/mol. The van der Waals surface area contributed by atoms with Crippen LogP contribution in [0.4, 0.5) is 0 Å². The van der Waals surface area contributed by atoms with Crippen LogP contribution in [0.25, 0.3) is 10.9 Å². The van der Waals surface area contributed by atoms with E-state index >= 15 is 0 Å². The van der Waals surface area contributed by atoms with Gasteiger partial charge in [-0.2, -0.15) is 0 Å². The van der Waals surface area contributed by atoms with E-state index in [1.807, 2.05) is 39.0 Å². The number of fused-ring (bicyclic) bond motifs is 1. The van der Waals surface area contributed by atoms with Gasteiger partial charge in [0.05, 0.1) is 28.9 Å². The van der Waals surface area contributed by atoms with Crippen LogP contribution in [-0.4, -0.2) is 22.3 Å². The van der Waals surface area contributed by atoms with Gasteiger partial charge in [-0.05, 0) is 32.9 Å². The Morgan fingerprint density at radius 2 is 2.05 bits per heavy atom. The molecule has 5 heteroatoms. The summed E-state index contributed by atoms with van der Waals surface area (Å²) in [6, 6.07) is 7.32. The number of hydrogen-bond acceptors (Lipinski definition) is 3. The maximum Gasteiger partial charge on any atom is 0.261 e. The zero-order valence-corrected chi connectivity index (χ0v) is 12.7. The number of hydrogen-bond donors (Lipinski definition) is 0. The summed E-state index contributed by atoms with van der Waals surface area (Å²) in [5.41, 5.74) is 0.616. The molecule has 0 saturated carbocycles. The Morgan fingerprint density at radius 1 is 1.35 bits per heavy atom. The van der Waals surface area contributed by atoms with Gasteiger partial charge in [0.25, 0.3) is 5.56 Å². The van der Waals surface area contributed by atoms with Gasteiger partial charge in [-0.1, -0.05) is 12.1 Å². The average Bonchev–Trinajstić information content (AvgIpc) is 2.42. The zero-order valence-electron chi connectivity index (χ0n) is 12.0. The first kappa shape index (κ1) is 15.0. The second-order valence-electron chi connectivity index (χ2n) is 4.78. The topological polar surface area (TPSA) is 44.1 Å². The van der Waals surface area contributed by atoms with E-state index in [1.165, 1.54) is 0 Å². The molecule has 0 aliphatic carbocycles. The van der Waals surface area contributed by atoms with Crippen molar-refractivity contribution in [3.05, 3.63) is 40.4 Å². The molecule has 0 radical (unpaired) electrons. The molecule has 0 saturated heterocycles. The van der Waals surface area contributed by atoms with Crippen molar-refractivity contribution in [3.63, 3.8) is 0 Å². The third kappa shape index (κ3) is 3.02. The van der Waals surface area contributed by atoms with E-state index in [4.69, 9.17) is 16.3 Å². The maximum absolute atomic E-state index is 12.6. The molecular weight excluding hydrogens is 276 g/mol. The molecule has 4 nitrogen and oxygen atoms in total. The van der Waals surface area contributed by atoms with Crippen molar-refractivity contribution in [1.82, 2.24) is 9.55 Å². The smallest absolute Gasteiger partial charge is 0.261 e. The van der Waals surface area contributed by atoms with E-state index in [1.54, 1.807) is 10.6 Å². The molecule has 0 aliphatic rings. The lowest BCUT2D eigenvalue weighted by molar-refractivity contribution is 0.0625. The highest BCUT2D eigenvalue weighted by molar-refractivity contribution is 6.20. The van der Waals surface area contributed by atoms with Gasteiger partial charge in [0, 0.05) is 6.61 Å². The minimum atomic E-state index is -0.332. The van der Waals surface area contributed by atoms with Crippen LogP contribution in [0.5, 0.6) is 0 Å². The summed E-state index contributed by atoms with van der Waals surface area (Å²) < 4.78 is 7.14. The number of halogens is 1. The van der Waals surface area contributed by atoms with E-state index in [0.717, 1.165) is 0 Å².